The number of aliphatic hydroxyl groups excluding tert-OH is 1. The second-order valence-corrected chi connectivity index (χ2v) is 3.16. The van der Waals surface area contributed by atoms with Crippen molar-refractivity contribution in [3.05, 3.63) is 39.9 Å². The Morgan fingerprint density at radius 2 is 1.75 bits per heavy atom. The van der Waals surface area contributed by atoms with Gasteiger partial charge in [-0.15, -0.1) is 0 Å². The van der Waals surface area contributed by atoms with Crippen LogP contribution in [0.4, 0.5) is 0 Å². The second kappa shape index (κ2) is 4.51. The Balaban J connectivity index is 2.93. The highest BCUT2D eigenvalue weighted by Crippen LogP contribution is 2.19. The van der Waals surface area contributed by atoms with Crippen molar-refractivity contribution < 1.29 is 5.11 Å². The molecule has 0 bridgehead atoms. The largest absolute Gasteiger partial charge is 0.392 e. The topological polar surface area (TPSA) is 20.2 Å². The van der Waals surface area contributed by atoms with Gasteiger partial charge in [0.15, 0.2) is 0 Å². The molecule has 0 aliphatic carbocycles. The van der Waals surface area contributed by atoms with Crippen molar-refractivity contribution >= 4 is 29.3 Å². The predicted octanol–water partition coefficient (Wildman–Crippen LogP) is 3.00. The molecular weight excluding hydrogens is 195 g/mol. The van der Waals surface area contributed by atoms with Crippen molar-refractivity contribution in [2.75, 3.05) is 6.61 Å². The monoisotopic (exact) mass is 202 g/mol. The lowest BCUT2D eigenvalue weighted by Gasteiger charge is -1.96. The predicted molar refractivity (Wildman–Crippen MR) is 52.6 cm³/mol. The summed E-state index contributed by atoms with van der Waals surface area (Å²) in [6.45, 7) is 0.0180. The summed E-state index contributed by atoms with van der Waals surface area (Å²) >= 11 is 11.5. The number of benzene rings is 1. The maximum absolute atomic E-state index is 8.51. The summed E-state index contributed by atoms with van der Waals surface area (Å²) in [5.74, 6) is 0. The van der Waals surface area contributed by atoms with Crippen LogP contribution in [0.5, 0.6) is 0 Å². The highest BCUT2D eigenvalue weighted by molar-refractivity contribution is 6.34. The summed E-state index contributed by atoms with van der Waals surface area (Å²) < 4.78 is 0. The van der Waals surface area contributed by atoms with E-state index in [4.69, 9.17) is 28.3 Å². The van der Waals surface area contributed by atoms with E-state index in [1.54, 1.807) is 30.4 Å². The fraction of sp³-hybridized carbons (Fsp3) is 0.111. The molecule has 12 heavy (non-hydrogen) atoms. The van der Waals surface area contributed by atoms with Gasteiger partial charge in [0, 0.05) is 10.0 Å². The van der Waals surface area contributed by atoms with Crippen LogP contribution in [0, 0.1) is 0 Å². The first-order chi connectivity index (χ1) is 5.72. The number of hydrogen-bond acceptors (Lipinski definition) is 1. The van der Waals surface area contributed by atoms with Gasteiger partial charge in [-0.25, -0.2) is 0 Å². The Morgan fingerprint density at radius 3 is 2.25 bits per heavy atom. The van der Waals surface area contributed by atoms with E-state index >= 15 is 0 Å². The normalized spacial score (nSPS) is 10.9. The molecule has 0 fully saturated rings. The minimum atomic E-state index is 0.0180. The molecule has 0 aliphatic heterocycles. The minimum Gasteiger partial charge on any atom is -0.392 e. The highest BCUT2D eigenvalue weighted by atomic mass is 35.5. The molecule has 0 aliphatic rings. The molecule has 64 valence electrons. The van der Waals surface area contributed by atoms with Crippen LogP contribution in [0.3, 0.4) is 0 Å². The Morgan fingerprint density at radius 1 is 1.17 bits per heavy atom. The van der Waals surface area contributed by atoms with Crippen molar-refractivity contribution in [2.24, 2.45) is 0 Å². The second-order valence-electron chi connectivity index (χ2n) is 2.29. The third kappa shape index (κ3) is 2.86. The maximum atomic E-state index is 8.51. The van der Waals surface area contributed by atoms with Crippen LogP contribution < -0.4 is 0 Å². The van der Waals surface area contributed by atoms with E-state index in [9.17, 15) is 0 Å². The summed E-state index contributed by atoms with van der Waals surface area (Å²) in [5, 5.41) is 9.71. The number of halogens is 2. The summed E-state index contributed by atoms with van der Waals surface area (Å²) in [6, 6.07) is 5.22. The zero-order valence-corrected chi connectivity index (χ0v) is 7.81. The zero-order valence-electron chi connectivity index (χ0n) is 6.30. The van der Waals surface area contributed by atoms with Gasteiger partial charge in [0.05, 0.1) is 6.61 Å². The molecule has 1 aromatic carbocycles. The summed E-state index contributed by atoms with van der Waals surface area (Å²) in [5.41, 5.74) is 0.890. The number of hydrogen-bond donors (Lipinski definition) is 1. The van der Waals surface area contributed by atoms with E-state index in [2.05, 4.69) is 0 Å². The quantitative estimate of drug-likeness (QED) is 0.783. The van der Waals surface area contributed by atoms with E-state index < -0.39 is 0 Å². The van der Waals surface area contributed by atoms with Crippen molar-refractivity contribution in [1.82, 2.24) is 0 Å². The molecular formula is C9H8Cl2O. The first-order valence-electron chi connectivity index (χ1n) is 3.46. The summed E-state index contributed by atoms with van der Waals surface area (Å²) in [7, 11) is 0. The lowest BCUT2D eigenvalue weighted by molar-refractivity contribution is 0.343. The standard InChI is InChI=1S/C9H8Cl2O/c10-8-4-7(2-1-3-12)5-9(11)6-8/h1-2,4-6,12H,3H2/b2-1+. The van der Waals surface area contributed by atoms with Crippen LogP contribution in [-0.2, 0) is 0 Å². The smallest absolute Gasteiger partial charge is 0.0615 e. The maximum Gasteiger partial charge on any atom is 0.0615 e. The molecule has 1 rings (SSSR count). The van der Waals surface area contributed by atoms with Crippen LogP contribution in [0.15, 0.2) is 24.3 Å². The highest BCUT2D eigenvalue weighted by Gasteiger charge is 1.93. The van der Waals surface area contributed by atoms with E-state index in [1.165, 1.54) is 0 Å². The van der Waals surface area contributed by atoms with Crippen LogP contribution in [0.25, 0.3) is 6.08 Å². The van der Waals surface area contributed by atoms with Gasteiger partial charge in [-0.3, -0.25) is 0 Å². The first-order valence-corrected chi connectivity index (χ1v) is 4.21. The van der Waals surface area contributed by atoms with Crippen molar-refractivity contribution in [2.45, 2.75) is 0 Å². The average molecular weight is 203 g/mol. The minimum absolute atomic E-state index is 0.0180. The van der Waals surface area contributed by atoms with Gasteiger partial charge in [-0.05, 0) is 23.8 Å². The van der Waals surface area contributed by atoms with E-state index in [-0.39, 0.29) is 6.61 Å². The van der Waals surface area contributed by atoms with Gasteiger partial charge < -0.3 is 5.11 Å². The summed E-state index contributed by atoms with van der Waals surface area (Å²) in [4.78, 5) is 0. The number of rotatable bonds is 2. The molecule has 0 spiro atoms. The van der Waals surface area contributed by atoms with Gasteiger partial charge in [-0.2, -0.15) is 0 Å². The molecule has 0 atom stereocenters. The molecule has 0 heterocycles. The van der Waals surface area contributed by atoms with Crippen LogP contribution >= 0.6 is 23.2 Å². The fourth-order valence-electron chi connectivity index (χ4n) is 0.860. The van der Waals surface area contributed by atoms with Gasteiger partial charge in [0.25, 0.3) is 0 Å². The molecule has 3 heteroatoms. The molecule has 0 saturated carbocycles. The van der Waals surface area contributed by atoms with E-state index in [0.29, 0.717) is 10.0 Å². The third-order valence-electron chi connectivity index (χ3n) is 1.30. The molecule has 0 radical (unpaired) electrons. The van der Waals surface area contributed by atoms with E-state index in [1.807, 2.05) is 0 Å². The Kier molecular flexibility index (Phi) is 3.60. The molecule has 1 aromatic rings. The molecule has 0 amide bonds. The molecule has 1 N–H and O–H groups in total. The van der Waals surface area contributed by atoms with Gasteiger partial charge in [0.1, 0.15) is 0 Å². The lowest BCUT2D eigenvalue weighted by Crippen LogP contribution is -1.75. The third-order valence-corrected chi connectivity index (χ3v) is 1.74. The van der Waals surface area contributed by atoms with E-state index in [0.717, 1.165) is 5.56 Å². The van der Waals surface area contributed by atoms with Gasteiger partial charge >= 0.3 is 0 Å². The van der Waals surface area contributed by atoms with Gasteiger partial charge in [0.2, 0.25) is 0 Å². The first kappa shape index (κ1) is 9.59. The fourth-order valence-corrected chi connectivity index (χ4v) is 1.40. The number of aliphatic hydroxyl groups is 1. The summed E-state index contributed by atoms with van der Waals surface area (Å²) in [6.07, 6.45) is 3.39. The average Bonchev–Trinajstić information content (AvgIpc) is 1.99. The van der Waals surface area contributed by atoms with Crippen LogP contribution in [-0.4, -0.2) is 11.7 Å². The SMILES string of the molecule is OC/C=C/c1cc(Cl)cc(Cl)c1. The van der Waals surface area contributed by atoms with Crippen molar-refractivity contribution in [1.29, 1.82) is 0 Å². The Labute approximate surface area is 81.2 Å². The molecule has 1 nitrogen and oxygen atoms in total. The van der Waals surface area contributed by atoms with Gasteiger partial charge in [-0.1, -0.05) is 35.4 Å². The Bertz CT molecular complexity index is 274. The molecule has 0 saturated heterocycles. The molecule has 0 unspecified atom stereocenters. The van der Waals surface area contributed by atoms with Crippen molar-refractivity contribution in [3.8, 4) is 0 Å². The zero-order chi connectivity index (χ0) is 8.97. The van der Waals surface area contributed by atoms with Crippen molar-refractivity contribution in [3.63, 3.8) is 0 Å². The molecule has 0 aromatic heterocycles. The lowest BCUT2D eigenvalue weighted by atomic mass is 10.2. The van der Waals surface area contributed by atoms with Crippen LogP contribution in [0.2, 0.25) is 10.0 Å². The Hall–Kier alpha value is -0.500. The van der Waals surface area contributed by atoms with Crippen LogP contribution in [0.1, 0.15) is 5.56 Å².